The van der Waals surface area contributed by atoms with E-state index in [2.05, 4.69) is 6.07 Å². The third-order valence-electron chi connectivity index (χ3n) is 3.35. The molecule has 3 N–H and O–H groups in total. The van der Waals surface area contributed by atoms with Crippen LogP contribution in [0.1, 0.15) is 16.7 Å². The summed E-state index contributed by atoms with van der Waals surface area (Å²) in [6, 6.07) is 17.2. The Morgan fingerprint density at radius 2 is 1.90 bits per heavy atom. The zero-order valence-electron chi connectivity index (χ0n) is 12.0. The number of rotatable bonds is 6. The summed E-state index contributed by atoms with van der Waals surface area (Å²) >= 11 is 1.54. The van der Waals surface area contributed by atoms with Gasteiger partial charge in [0.2, 0.25) is 0 Å². The number of hydrogen-bond donors (Lipinski definition) is 2. The largest absolute Gasteiger partial charge is 0.480 e. The van der Waals surface area contributed by atoms with E-state index in [9.17, 15) is 9.90 Å². The maximum Gasteiger partial charge on any atom is 0.329 e. The minimum absolute atomic E-state index is 0.334. The van der Waals surface area contributed by atoms with Crippen LogP contribution in [0.4, 0.5) is 0 Å². The van der Waals surface area contributed by atoms with Crippen LogP contribution in [-0.4, -0.2) is 16.8 Å². The second-order valence-corrected chi connectivity index (χ2v) is 6.11. The molecule has 0 aliphatic carbocycles. The van der Waals surface area contributed by atoms with Crippen LogP contribution in [0.15, 0.2) is 54.6 Å². The molecule has 4 heteroatoms. The fourth-order valence-corrected chi connectivity index (χ4v) is 3.27. The summed E-state index contributed by atoms with van der Waals surface area (Å²) in [7, 11) is 0. The minimum Gasteiger partial charge on any atom is -0.480 e. The van der Waals surface area contributed by atoms with E-state index in [1.165, 1.54) is 22.9 Å². The topological polar surface area (TPSA) is 63.3 Å². The van der Waals surface area contributed by atoms with E-state index in [0.29, 0.717) is 11.3 Å². The van der Waals surface area contributed by atoms with Gasteiger partial charge in [0.25, 0.3) is 0 Å². The van der Waals surface area contributed by atoms with Crippen molar-refractivity contribution in [3.63, 3.8) is 0 Å². The number of carbonyl (C=O) groups is 1. The lowest BCUT2D eigenvalue weighted by atomic mass is 9.93. The van der Waals surface area contributed by atoms with Crippen LogP contribution in [0.25, 0.3) is 0 Å². The molecule has 0 amide bonds. The maximum atomic E-state index is 11.6. The van der Waals surface area contributed by atoms with E-state index in [-0.39, 0.29) is 0 Å². The third kappa shape index (κ3) is 3.86. The zero-order chi connectivity index (χ0) is 15.3. The highest BCUT2D eigenvalue weighted by Gasteiger charge is 2.35. The first-order valence-corrected chi connectivity index (χ1v) is 7.89. The molecule has 2 aromatic carbocycles. The second-order valence-electron chi connectivity index (χ2n) is 5.12. The third-order valence-corrected chi connectivity index (χ3v) is 4.55. The summed E-state index contributed by atoms with van der Waals surface area (Å²) in [5.74, 6) is 0.0894. The number of carboxylic acid groups (broad SMARTS) is 1. The van der Waals surface area contributed by atoms with Gasteiger partial charge in [-0.05, 0) is 18.1 Å². The van der Waals surface area contributed by atoms with Gasteiger partial charge in [-0.2, -0.15) is 11.8 Å². The van der Waals surface area contributed by atoms with Crippen molar-refractivity contribution in [3.8, 4) is 0 Å². The average molecular weight is 301 g/mol. The van der Waals surface area contributed by atoms with Crippen molar-refractivity contribution >= 4 is 17.7 Å². The van der Waals surface area contributed by atoms with Gasteiger partial charge in [0, 0.05) is 11.5 Å². The molecule has 0 aromatic heterocycles. The van der Waals surface area contributed by atoms with Gasteiger partial charge in [-0.3, -0.25) is 0 Å². The summed E-state index contributed by atoms with van der Waals surface area (Å²) in [5, 5.41) is 9.49. The number of nitrogens with two attached hydrogens (primary N) is 1. The highest BCUT2D eigenvalue weighted by atomic mass is 32.2. The van der Waals surface area contributed by atoms with Crippen LogP contribution in [0.2, 0.25) is 0 Å². The van der Waals surface area contributed by atoms with Crippen LogP contribution in [0, 0.1) is 6.92 Å². The number of thioether (sulfide) groups is 1. The summed E-state index contributed by atoms with van der Waals surface area (Å²) in [6.45, 7) is 2.04. The molecule has 0 saturated carbocycles. The molecule has 2 aromatic rings. The van der Waals surface area contributed by atoms with Crippen LogP contribution in [0.3, 0.4) is 0 Å². The molecule has 0 spiro atoms. The van der Waals surface area contributed by atoms with Crippen molar-refractivity contribution in [2.75, 3.05) is 5.75 Å². The molecule has 21 heavy (non-hydrogen) atoms. The summed E-state index contributed by atoms with van der Waals surface area (Å²) < 4.78 is 0. The molecule has 110 valence electrons. The molecule has 0 aliphatic rings. The lowest BCUT2D eigenvalue weighted by Gasteiger charge is -2.24. The Kier molecular flexibility index (Phi) is 5.04. The number of aryl methyl sites for hydroxylation is 1. The van der Waals surface area contributed by atoms with Crippen molar-refractivity contribution in [1.82, 2.24) is 0 Å². The second kappa shape index (κ2) is 6.78. The molecular weight excluding hydrogens is 282 g/mol. The molecule has 0 fully saturated rings. The molecule has 0 saturated heterocycles. The monoisotopic (exact) mass is 301 g/mol. The standard InChI is InChI=1S/C17H19NO2S/c1-13-6-5-7-14(10-13)11-21-12-17(18,16(19)20)15-8-3-2-4-9-15/h2-10H,11-12,18H2,1H3,(H,19,20). The van der Waals surface area contributed by atoms with Crippen molar-refractivity contribution in [1.29, 1.82) is 0 Å². The molecule has 0 aliphatic heterocycles. The summed E-state index contributed by atoms with van der Waals surface area (Å²) in [5.41, 5.74) is 7.80. The number of aliphatic carboxylic acids is 1. The van der Waals surface area contributed by atoms with E-state index in [4.69, 9.17) is 5.73 Å². The Hall–Kier alpha value is -1.78. The molecule has 1 unspecified atom stereocenters. The van der Waals surface area contributed by atoms with Gasteiger partial charge in [-0.25, -0.2) is 4.79 Å². The first-order chi connectivity index (χ1) is 10.0. The van der Waals surface area contributed by atoms with Gasteiger partial charge in [0.15, 0.2) is 0 Å². The van der Waals surface area contributed by atoms with Crippen molar-refractivity contribution in [2.24, 2.45) is 5.73 Å². The fourth-order valence-electron chi connectivity index (χ4n) is 2.14. The number of hydrogen-bond acceptors (Lipinski definition) is 3. The van der Waals surface area contributed by atoms with Crippen molar-refractivity contribution in [2.45, 2.75) is 18.2 Å². The van der Waals surface area contributed by atoms with E-state index < -0.39 is 11.5 Å². The molecule has 3 nitrogen and oxygen atoms in total. The quantitative estimate of drug-likeness (QED) is 0.860. The zero-order valence-corrected chi connectivity index (χ0v) is 12.8. The van der Waals surface area contributed by atoms with Crippen molar-refractivity contribution in [3.05, 3.63) is 71.3 Å². The normalized spacial score (nSPS) is 13.6. The van der Waals surface area contributed by atoms with Crippen LogP contribution >= 0.6 is 11.8 Å². The Balaban J connectivity index is 2.06. The average Bonchev–Trinajstić information content (AvgIpc) is 2.48. The van der Waals surface area contributed by atoms with Gasteiger partial charge in [-0.15, -0.1) is 0 Å². The molecule has 0 radical (unpaired) electrons. The molecule has 1 atom stereocenters. The van der Waals surface area contributed by atoms with Crippen LogP contribution < -0.4 is 5.73 Å². The van der Waals surface area contributed by atoms with Gasteiger partial charge in [0.05, 0.1) is 0 Å². The van der Waals surface area contributed by atoms with Gasteiger partial charge in [0.1, 0.15) is 5.54 Å². The molecule has 0 bridgehead atoms. The minimum atomic E-state index is -1.35. The smallest absolute Gasteiger partial charge is 0.329 e. The first-order valence-electron chi connectivity index (χ1n) is 6.73. The van der Waals surface area contributed by atoms with E-state index in [1.807, 2.05) is 43.3 Å². The van der Waals surface area contributed by atoms with E-state index in [0.717, 1.165) is 5.75 Å². The van der Waals surface area contributed by atoms with Crippen LogP contribution in [0.5, 0.6) is 0 Å². The van der Waals surface area contributed by atoms with Crippen molar-refractivity contribution < 1.29 is 9.90 Å². The van der Waals surface area contributed by atoms with Gasteiger partial charge >= 0.3 is 5.97 Å². The molecule has 0 heterocycles. The van der Waals surface area contributed by atoms with Gasteiger partial charge in [-0.1, -0.05) is 60.2 Å². The van der Waals surface area contributed by atoms with Crippen LogP contribution in [-0.2, 0) is 16.1 Å². The first kappa shape index (κ1) is 15.6. The number of carboxylic acids is 1. The Morgan fingerprint density at radius 3 is 2.52 bits per heavy atom. The maximum absolute atomic E-state index is 11.6. The highest BCUT2D eigenvalue weighted by Crippen LogP contribution is 2.25. The predicted octanol–water partition coefficient (Wildman–Crippen LogP) is 3.17. The SMILES string of the molecule is Cc1cccc(CSCC(N)(C(=O)O)c2ccccc2)c1. The lowest BCUT2D eigenvalue weighted by molar-refractivity contribution is -0.142. The molecular formula is C17H19NO2S. The Labute approximate surface area is 129 Å². The Bertz CT molecular complexity index is 615. The Morgan fingerprint density at radius 1 is 1.19 bits per heavy atom. The van der Waals surface area contributed by atoms with Gasteiger partial charge < -0.3 is 10.8 Å². The molecule has 2 rings (SSSR count). The summed E-state index contributed by atoms with van der Waals surface area (Å²) in [6.07, 6.45) is 0. The lowest BCUT2D eigenvalue weighted by Crippen LogP contribution is -2.47. The van der Waals surface area contributed by atoms with E-state index in [1.54, 1.807) is 12.1 Å². The summed E-state index contributed by atoms with van der Waals surface area (Å²) in [4.78, 5) is 11.6. The predicted molar refractivity (Wildman–Crippen MR) is 87.3 cm³/mol. The number of benzene rings is 2. The van der Waals surface area contributed by atoms with E-state index >= 15 is 0 Å². The highest BCUT2D eigenvalue weighted by molar-refractivity contribution is 7.98. The fraction of sp³-hybridized carbons (Fsp3) is 0.235.